The minimum Gasteiger partial charge on any atom is -0.494 e. The molecule has 3 aromatic carbocycles. The fourth-order valence-corrected chi connectivity index (χ4v) is 5.42. The van der Waals surface area contributed by atoms with Crippen molar-refractivity contribution in [1.82, 2.24) is 14.5 Å². The lowest BCUT2D eigenvalue weighted by Crippen LogP contribution is -2.25. The van der Waals surface area contributed by atoms with Crippen LogP contribution in [0.15, 0.2) is 66.9 Å². The van der Waals surface area contributed by atoms with Gasteiger partial charge in [0.15, 0.2) is 11.5 Å². The van der Waals surface area contributed by atoms with E-state index in [1.54, 1.807) is 21.3 Å². The van der Waals surface area contributed by atoms with E-state index in [1.807, 2.05) is 12.1 Å². The van der Waals surface area contributed by atoms with Crippen LogP contribution >= 0.6 is 0 Å². The van der Waals surface area contributed by atoms with Crippen LogP contribution in [0.2, 0.25) is 0 Å². The number of rotatable bonds is 17. The van der Waals surface area contributed by atoms with Gasteiger partial charge in [-0.25, -0.2) is 4.98 Å². The van der Waals surface area contributed by atoms with Crippen LogP contribution in [0.5, 0.6) is 23.0 Å². The molecule has 1 aromatic heterocycles. The second-order valence-electron chi connectivity index (χ2n) is 11.5. The molecular weight excluding hydrogens is 550 g/mol. The molecule has 0 fully saturated rings. The number of aromatic nitrogens is 2. The van der Waals surface area contributed by atoms with Gasteiger partial charge in [0.2, 0.25) is 5.75 Å². The summed E-state index contributed by atoms with van der Waals surface area (Å²) >= 11 is 0. The Hall–Kier alpha value is -3.97. The van der Waals surface area contributed by atoms with Gasteiger partial charge in [-0.1, -0.05) is 52.0 Å². The summed E-state index contributed by atoms with van der Waals surface area (Å²) < 4.78 is 24.8. The molecule has 0 unspecified atom stereocenters. The predicted molar refractivity (Wildman–Crippen MR) is 179 cm³/mol. The third kappa shape index (κ3) is 8.56. The summed E-state index contributed by atoms with van der Waals surface area (Å²) in [6.07, 6.45) is 5.84. The first-order chi connectivity index (χ1) is 21.4. The van der Waals surface area contributed by atoms with Gasteiger partial charge in [0.05, 0.1) is 33.6 Å². The number of aryl methyl sites for hydroxylation is 2. The van der Waals surface area contributed by atoms with E-state index < -0.39 is 0 Å². The molecule has 0 aliphatic carbocycles. The third-order valence-corrected chi connectivity index (χ3v) is 7.94. The van der Waals surface area contributed by atoms with Crippen LogP contribution in [-0.4, -0.2) is 62.0 Å². The Morgan fingerprint density at radius 1 is 0.795 bits per heavy atom. The van der Waals surface area contributed by atoms with Crippen molar-refractivity contribution in [1.29, 1.82) is 0 Å². The zero-order valence-corrected chi connectivity index (χ0v) is 27.6. The molecule has 0 amide bonds. The first-order valence-corrected chi connectivity index (χ1v) is 15.8. The van der Waals surface area contributed by atoms with E-state index in [1.165, 1.54) is 5.56 Å². The van der Waals surface area contributed by atoms with E-state index in [-0.39, 0.29) is 0 Å². The molecule has 0 aliphatic rings. The van der Waals surface area contributed by atoms with Gasteiger partial charge >= 0.3 is 0 Å². The summed E-state index contributed by atoms with van der Waals surface area (Å²) in [7, 11) is 4.92. The van der Waals surface area contributed by atoms with E-state index in [0.29, 0.717) is 23.2 Å². The van der Waals surface area contributed by atoms with Crippen LogP contribution in [0.1, 0.15) is 51.1 Å². The van der Waals surface area contributed by atoms with Crippen molar-refractivity contribution in [2.24, 2.45) is 5.92 Å². The number of imidazole rings is 1. The molecule has 0 spiro atoms. The molecule has 4 rings (SSSR count). The van der Waals surface area contributed by atoms with Gasteiger partial charge in [0.1, 0.15) is 11.6 Å². The molecule has 44 heavy (non-hydrogen) atoms. The molecule has 0 radical (unpaired) electrons. The second-order valence-corrected chi connectivity index (χ2v) is 11.5. The first-order valence-electron chi connectivity index (χ1n) is 15.8. The molecule has 0 aliphatic heterocycles. The third-order valence-electron chi connectivity index (χ3n) is 7.94. The minimum atomic E-state index is 0.495. The number of hydrogen-bond acceptors (Lipinski definition) is 6. The highest BCUT2D eigenvalue weighted by Gasteiger charge is 2.15. The molecule has 7 nitrogen and oxygen atoms in total. The first kappa shape index (κ1) is 32.9. The number of ether oxygens (including phenoxy) is 4. The highest BCUT2D eigenvalue weighted by molar-refractivity contribution is 5.60. The lowest BCUT2D eigenvalue weighted by atomic mass is 10.0. The van der Waals surface area contributed by atoms with Gasteiger partial charge in [0, 0.05) is 30.4 Å². The molecular formula is C37H49N3O4. The number of methoxy groups -OCH3 is 3. The topological polar surface area (TPSA) is 58.0 Å². The summed E-state index contributed by atoms with van der Waals surface area (Å²) in [6.45, 7) is 12.8. The Morgan fingerprint density at radius 3 is 2.00 bits per heavy atom. The highest BCUT2D eigenvalue weighted by Crippen LogP contribution is 2.38. The van der Waals surface area contributed by atoms with E-state index in [9.17, 15) is 0 Å². The summed E-state index contributed by atoms with van der Waals surface area (Å²) in [4.78, 5) is 7.50. The maximum Gasteiger partial charge on any atom is 0.203 e. The van der Waals surface area contributed by atoms with Gasteiger partial charge in [-0.2, -0.15) is 0 Å². The van der Waals surface area contributed by atoms with Crippen molar-refractivity contribution in [3.8, 4) is 39.9 Å². The predicted octanol–water partition coefficient (Wildman–Crippen LogP) is 7.66. The van der Waals surface area contributed by atoms with Crippen molar-refractivity contribution in [2.75, 3.05) is 47.6 Å². The summed E-state index contributed by atoms with van der Waals surface area (Å²) in [5, 5.41) is 0. The molecule has 4 aromatic rings. The summed E-state index contributed by atoms with van der Waals surface area (Å²) in [6, 6.07) is 21.2. The monoisotopic (exact) mass is 599 g/mol. The lowest BCUT2D eigenvalue weighted by molar-refractivity contribution is 0.249. The Kier molecular flexibility index (Phi) is 12.1. The average Bonchev–Trinajstić information content (AvgIpc) is 3.46. The molecule has 0 saturated heterocycles. The van der Waals surface area contributed by atoms with E-state index in [4.69, 9.17) is 23.9 Å². The van der Waals surface area contributed by atoms with Crippen molar-refractivity contribution in [2.45, 2.75) is 53.4 Å². The van der Waals surface area contributed by atoms with E-state index in [2.05, 4.69) is 91.9 Å². The number of benzene rings is 3. The SMILES string of the molecule is CCN(CC)CCCOc1ccc(-n2cc(-c3ccc(CCc4cc(OC)c(OC)c(OC)c4)cc3)nc2CC(C)C)cc1. The van der Waals surface area contributed by atoms with Gasteiger partial charge < -0.3 is 28.4 Å². The minimum absolute atomic E-state index is 0.495. The fraction of sp³-hybridized carbons (Fsp3) is 0.432. The van der Waals surface area contributed by atoms with Crippen LogP contribution in [0.4, 0.5) is 0 Å². The average molecular weight is 600 g/mol. The van der Waals surface area contributed by atoms with Crippen molar-refractivity contribution in [3.05, 3.63) is 83.8 Å². The van der Waals surface area contributed by atoms with Gasteiger partial charge in [-0.05, 0) is 85.8 Å². The molecule has 0 N–H and O–H groups in total. The smallest absolute Gasteiger partial charge is 0.203 e. The number of hydrogen-bond donors (Lipinski definition) is 0. The highest BCUT2D eigenvalue weighted by atomic mass is 16.5. The molecule has 1 heterocycles. The Balaban J connectivity index is 1.44. The molecule has 0 saturated carbocycles. The molecule has 0 bridgehead atoms. The van der Waals surface area contributed by atoms with Gasteiger partial charge in [-0.15, -0.1) is 0 Å². The molecule has 236 valence electrons. The van der Waals surface area contributed by atoms with E-state index in [0.717, 1.165) is 86.0 Å². The zero-order valence-electron chi connectivity index (χ0n) is 27.6. The zero-order chi connectivity index (χ0) is 31.5. The van der Waals surface area contributed by atoms with Crippen LogP contribution in [0.25, 0.3) is 16.9 Å². The van der Waals surface area contributed by atoms with Crippen molar-refractivity contribution in [3.63, 3.8) is 0 Å². The molecule has 0 atom stereocenters. The van der Waals surface area contributed by atoms with Crippen LogP contribution in [-0.2, 0) is 19.3 Å². The Morgan fingerprint density at radius 2 is 1.43 bits per heavy atom. The van der Waals surface area contributed by atoms with Gasteiger partial charge in [-0.3, -0.25) is 0 Å². The Bertz CT molecular complexity index is 1420. The normalized spacial score (nSPS) is 11.3. The maximum absolute atomic E-state index is 6.03. The second kappa shape index (κ2) is 16.2. The maximum atomic E-state index is 6.03. The van der Waals surface area contributed by atoms with Crippen LogP contribution in [0, 0.1) is 5.92 Å². The van der Waals surface area contributed by atoms with Crippen molar-refractivity contribution < 1.29 is 18.9 Å². The van der Waals surface area contributed by atoms with Crippen LogP contribution in [0.3, 0.4) is 0 Å². The van der Waals surface area contributed by atoms with Crippen LogP contribution < -0.4 is 18.9 Å². The quantitative estimate of drug-likeness (QED) is 0.116. The van der Waals surface area contributed by atoms with Crippen molar-refractivity contribution >= 4 is 0 Å². The molecule has 7 heteroatoms. The number of nitrogens with zero attached hydrogens (tertiary/aromatic N) is 3. The Labute approximate surface area is 263 Å². The summed E-state index contributed by atoms with van der Waals surface area (Å²) in [5.41, 5.74) is 5.58. The summed E-state index contributed by atoms with van der Waals surface area (Å²) in [5.74, 6) is 4.44. The standard InChI is InChI=1S/C37H49N3O4/c1-8-39(9-2)21-10-22-44-32-19-17-31(18-20-32)40-26-33(38-36(40)23-27(3)4)30-15-13-28(14-16-30)11-12-29-24-34(41-5)37(43-7)35(25-29)42-6/h13-20,24-27H,8-12,21-23H2,1-7H3. The van der Waals surface area contributed by atoms with E-state index >= 15 is 0 Å². The van der Waals surface area contributed by atoms with Gasteiger partial charge in [0.25, 0.3) is 0 Å². The lowest BCUT2D eigenvalue weighted by Gasteiger charge is -2.17. The largest absolute Gasteiger partial charge is 0.494 e. The fourth-order valence-electron chi connectivity index (χ4n) is 5.42.